The lowest BCUT2D eigenvalue weighted by Crippen LogP contribution is -2.17. The summed E-state index contributed by atoms with van der Waals surface area (Å²) in [7, 11) is 3.45. The van der Waals surface area contributed by atoms with Crippen LogP contribution in [-0.2, 0) is 11.3 Å². The molecule has 0 spiro atoms. The zero-order valence-corrected chi connectivity index (χ0v) is 14.6. The molecule has 1 aromatic heterocycles. The highest BCUT2D eigenvalue weighted by Crippen LogP contribution is 2.25. The molecule has 0 saturated carbocycles. The van der Waals surface area contributed by atoms with Crippen molar-refractivity contribution in [3.05, 3.63) is 39.7 Å². The van der Waals surface area contributed by atoms with Crippen molar-refractivity contribution < 1.29 is 14.5 Å². The van der Waals surface area contributed by atoms with E-state index in [2.05, 4.69) is 15.0 Å². The summed E-state index contributed by atoms with van der Waals surface area (Å²) in [6.45, 7) is -0.285. The minimum Gasteiger partial charge on any atom is -0.454 e. The van der Waals surface area contributed by atoms with Gasteiger partial charge < -0.3 is 15.4 Å². The Morgan fingerprint density at radius 3 is 2.68 bits per heavy atom. The third kappa shape index (κ3) is 4.53. The van der Waals surface area contributed by atoms with E-state index < -0.39 is 10.9 Å². The summed E-state index contributed by atoms with van der Waals surface area (Å²) in [4.78, 5) is 37.0. The van der Waals surface area contributed by atoms with Gasteiger partial charge in [-0.25, -0.2) is 4.79 Å². The van der Waals surface area contributed by atoms with Gasteiger partial charge in [0, 0.05) is 25.1 Å². The van der Waals surface area contributed by atoms with E-state index in [0.29, 0.717) is 10.8 Å². The van der Waals surface area contributed by atoms with Crippen LogP contribution in [-0.4, -0.2) is 46.2 Å². The number of carbonyl (C=O) groups excluding carboxylic acids is 1. The molecular formula is C14H16N6O4S. The maximum Gasteiger partial charge on any atom is 0.345 e. The lowest BCUT2D eigenvalue weighted by atomic mass is 10.2. The number of nitrogens with zero attached hydrogens (tertiary/aromatic N) is 5. The van der Waals surface area contributed by atoms with Crippen LogP contribution in [0.2, 0.25) is 0 Å². The summed E-state index contributed by atoms with van der Waals surface area (Å²) in [5, 5.41) is 11.1. The largest absolute Gasteiger partial charge is 0.454 e. The van der Waals surface area contributed by atoms with Crippen molar-refractivity contribution in [2.45, 2.75) is 11.5 Å². The molecule has 0 aliphatic heterocycles. The summed E-state index contributed by atoms with van der Waals surface area (Å²) in [5.74, 6) is -0.393. The number of nitrogens with two attached hydrogens (primary N) is 1. The number of ether oxygens (including phenoxy) is 1. The summed E-state index contributed by atoms with van der Waals surface area (Å²) in [6, 6.07) is 4.25. The molecule has 0 aliphatic carbocycles. The SMILES string of the molecule is CSc1ccc([N+](=O)[O-])c(C(=O)OCc2nc(N)nc(N(C)C)n2)c1. The van der Waals surface area contributed by atoms with Crippen LogP contribution in [0, 0.1) is 10.1 Å². The summed E-state index contributed by atoms with van der Waals surface area (Å²) in [6.07, 6.45) is 1.80. The fourth-order valence-electron chi connectivity index (χ4n) is 1.86. The van der Waals surface area contributed by atoms with Crippen LogP contribution in [0.1, 0.15) is 16.2 Å². The Labute approximate surface area is 147 Å². The van der Waals surface area contributed by atoms with E-state index >= 15 is 0 Å². The van der Waals surface area contributed by atoms with Crippen LogP contribution in [0.4, 0.5) is 17.6 Å². The maximum atomic E-state index is 12.3. The molecule has 2 N–H and O–H groups in total. The first-order valence-corrected chi connectivity index (χ1v) is 8.21. The van der Waals surface area contributed by atoms with E-state index in [1.807, 2.05) is 0 Å². The molecule has 0 atom stereocenters. The zero-order chi connectivity index (χ0) is 18.6. The fourth-order valence-corrected chi connectivity index (χ4v) is 2.30. The van der Waals surface area contributed by atoms with Crippen molar-refractivity contribution in [2.75, 3.05) is 31.0 Å². The van der Waals surface area contributed by atoms with E-state index in [9.17, 15) is 14.9 Å². The number of esters is 1. The number of nitrogen functional groups attached to an aromatic ring is 1. The second kappa shape index (κ2) is 7.75. The molecule has 132 valence electrons. The molecule has 0 unspecified atom stereocenters. The number of anilines is 2. The Bertz CT molecular complexity index is 814. The number of aromatic nitrogens is 3. The van der Waals surface area contributed by atoms with Crippen molar-refractivity contribution in [1.29, 1.82) is 0 Å². The number of hydrogen-bond acceptors (Lipinski definition) is 10. The number of benzene rings is 1. The molecule has 1 heterocycles. The first-order valence-electron chi connectivity index (χ1n) is 6.99. The van der Waals surface area contributed by atoms with E-state index in [1.54, 1.807) is 31.3 Å². The van der Waals surface area contributed by atoms with Gasteiger partial charge in [0.2, 0.25) is 11.9 Å². The number of nitro groups is 1. The minimum absolute atomic E-state index is 0.0138. The summed E-state index contributed by atoms with van der Waals surface area (Å²) < 4.78 is 5.11. The lowest BCUT2D eigenvalue weighted by Gasteiger charge is -2.11. The molecule has 0 amide bonds. The molecule has 0 saturated heterocycles. The Kier molecular flexibility index (Phi) is 5.70. The van der Waals surface area contributed by atoms with Gasteiger partial charge in [0.05, 0.1) is 4.92 Å². The fraction of sp³-hybridized carbons (Fsp3) is 0.286. The first kappa shape index (κ1) is 18.4. The molecule has 10 nitrogen and oxygen atoms in total. The molecule has 2 aromatic rings. The monoisotopic (exact) mass is 364 g/mol. The van der Waals surface area contributed by atoms with Crippen molar-refractivity contribution in [1.82, 2.24) is 15.0 Å². The van der Waals surface area contributed by atoms with Crippen LogP contribution >= 0.6 is 11.8 Å². The number of nitro benzene ring substituents is 1. The predicted molar refractivity (Wildman–Crippen MR) is 92.6 cm³/mol. The number of carbonyl (C=O) groups is 1. The third-order valence-electron chi connectivity index (χ3n) is 3.04. The smallest absolute Gasteiger partial charge is 0.345 e. The second-order valence-electron chi connectivity index (χ2n) is 5.02. The Hall–Kier alpha value is -2.95. The lowest BCUT2D eigenvalue weighted by molar-refractivity contribution is -0.385. The van der Waals surface area contributed by atoms with E-state index in [-0.39, 0.29) is 29.6 Å². The van der Waals surface area contributed by atoms with Gasteiger partial charge in [-0.15, -0.1) is 11.8 Å². The molecular weight excluding hydrogens is 348 g/mol. The van der Waals surface area contributed by atoms with E-state index in [0.717, 1.165) is 0 Å². The molecule has 0 fully saturated rings. The molecule has 1 aromatic carbocycles. The van der Waals surface area contributed by atoms with Gasteiger partial charge >= 0.3 is 5.97 Å². The van der Waals surface area contributed by atoms with Gasteiger partial charge in [-0.2, -0.15) is 15.0 Å². The van der Waals surface area contributed by atoms with E-state index in [1.165, 1.54) is 23.9 Å². The standard InChI is InChI=1S/C14H16N6O4S/c1-19(2)14-17-11(16-13(15)18-14)7-24-12(21)9-6-8(25-3)4-5-10(9)20(22)23/h4-6H,7H2,1-3H3,(H2,15,16,17,18). The average Bonchev–Trinajstić information content (AvgIpc) is 2.58. The van der Waals surface area contributed by atoms with Crippen LogP contribution in [0.3, 0.4) is 0 Å². The third-order valence-corrected chi connectivity index (χ3v) is 3.77. The van der Waals surface area contributed by atoms with Crippen molar-refractivity contribution in [2.24, 2.45) is 0 Å². The van der Waals surface area contributed by atoms with Crippen LogP contribution in [0.5, 0.6) is 0 Å². The maximum absolute atomic E-state index is 12.3. The Morgan fingerprint density at radius 2 is 2.08 bits per heavy atom. The molecule has 0 radical (unpaired) electrons. The molecule has 11 heteroatoms. The predicted octanol–water partition coefficient (Wildman–Crippen LogP) is 1.51. The van der Waals surface area contributed by atoms with Gasteiger partial charge in [-0.05, 0) is 18.4 Å². The van der Waals surface area contributed by atoms with Gasteiger partial charge in [0.25, 0.3) is 5.69 Å². The number of rotatable bonds is 6. The number of thioether (sulfide) groups is 1. The van der Waals surface area contributed by atoms with Crippen molar-refractivity contribution in [3.8, 4) is 0 Å². The number of hydrogen-bond donors (Lipinski definition) is 1. The van der Waals surface area contributed by atoms with E-state index in [4.69, 9.17) is 10.5 Å². The average molecular weight is 364 g/mol. The Morgan fingerprint density at radius 1 is 1.36 bits per heavy atom. The summed E-state index contributed by atoms with van der Waals surface area (Å²) in [5.41, 5.74) is 5.14. The van der Waals surface area contributed by atoms with Gasteiger partial charge in [0.15, 0.2) is 12.4 Å². The normalized spacial score (nSPS) is 10.4. The van der Waals surface area contributed by atoms with Gasteiger partial charge in [-0.1, -0.05) is 0 Å². The highest BCUT2D eigenvalue weighted by molar-refractivity contribution is 7.98. The van der Waals surface area contributed by atoms with Crippen LogP contribution in [0.15, 0.2) is 23.1 Å². The Balaban J connectivity index is 2.22. The second-order valence-corrected chi connectivity index (χ2v) is 5.90. The molecule has 25 heavy (non-hydrogen) atoms. The van der Waals surface area contributed by atoms with Crippen molar-refractivity contribution in [3.63, 3.8) is 0 Å². The first-order chi connectivity index (χ1) is 11.8. The van der Waals surface area contributed by atoms with Gasteiger partial charge in [0.1, 0.15) is 5.56 Å². The zero-order valence-electron chi connectivity index (χ0n) is 13.8. The molecule has 0 aliphatic rings. The van der Waals surface area contributed by atoms with Crippen LogP contribution in [0.25, 0.3) is 0 Å². The molecule has 2 rings (SSSR count). The molecule has 0 bridgehead atoms. The quantitative estimate of drug-likeness (QED) is 0.347. The van der Waals surface area contributed by atoms with Gasteiger partial charge in [-0.3, -0.25) is 10.1 Å². The highest BCUT2D eigenvalue weighted by atomic mass is 32.2. The minimum atomic E-state index is -0.840. The topological polar surface area (TPSA) is 137 Å². The van der Waals surface area contributed by atoms with Crippen molar-refractivity contribution >= 4 is 35.3 Å². The van der Waals surface area contributed by atoms with Crippen LogP contribution < -0.4 is 10.6 Å². The highest BCUT2D eigenvalue weighted by Gasteiger charge is 2.22. The summed E-state index contributed by atoms with van der Waals surface area (Å²) >= 11 is 1.36.